The highest BCUT2D eigenvalue weighted by atomic mass is 32.1. The number of unbranched alkanes of at least 4 members (excludes halogenated alkanes) is 1. The monoisotopic (exact) mass is 245 g/mol. The number of nitrogens with two attached hydrogens (primary N) is 2. The fourth-order valence-electron chi connectivity index (χ4n) is 0.959. The van der Waals surface area contributed by atoms with Gasteiger partial charge in [0.15, 0.2) is 0 Å². The van der Waals surface area contributed by atoms with Gasteiger partial charge in [-0.15, -0.1) is 0 Å². The van der Waals surface area contributed by atoms with Crippen molar-refractivity contribution in [1.82, 2.24) is 5.32 Å². The van der Waals surface area contributed by atoms with Crippen LogP contribution in [-0.2, 0) is 9.59 Å². The van der Waals surface area contributed by atoms with Gasteiger partial charge in [-0.2, -0.15) is 0 Å². The Labute approximate surface area is 101 Å². The average molecular weight is 245 g/mol. The van der Waals surface area contributed by atoms with Gasteiger partial charge >= 0.3 is 0 Å². The molecule has 0 unspecified atom stereocenters. The van der Waals surface area contributed by atoms with Crippen molar-refractivity contribution in [1.29, 1.82) is 0 Å². The van der Waals surface area contributed by atoms with Gasteiger partial charge in [0.05, 0.1) is 10.4 Å². The standard InChI is InChI=1S/C10H19N3O2S/c1-10(2,8(12)16)9(15)13-6-4-3-5-7(11)14/h3-6H2,1-2H3,(H2,11,14)(H2,12,16)(H,13,15). The molecule has 5 nitrogen and oxygen atoms in total. The molecule has 0 saturated carbocycles. The van der Waals surface area contributed by atoms with E-state index in [1.165, 1.54) is 0 Å². The number of hydrogen-bond acceptors (Lipinski definition) is 3. The van der Waals surface area contributed by atoms with Crippen LogP contribution in [0.4, 0.5) is 0 Å². The molecule has 0 fully saturated rings. The number of hydrogen-bond donors (Lipinski definition) is 3. The zero-order valence-corrected chi connectivity index (χ0v) is 10.5. The van der Waals surface area contributed by atoms with Crippen molar-refractivity contribution in [3.63, 3.8) is 0 Å². The Bertz CT molecular complexity index is 290. The zero-order chi connectivity index (χ0) is 12.8. The van der Waals surface area contributed by atoms with Crippen LogP contribution < -0.4 is 16.8 Å². The summed E-state index contributed by atoms with van der Waals surface area (Å²) in [6.07, 6.45) is 1.72. The summed E-state index contributed by atoms with van der Waals surface area (Å²) in [5.41, 5.74) is 9.60. The Morgan fingerprint density at radius 3 is 2.25 bits per heavy atom. The van der Waals surface area contributed by atoms with Gasteiger partial charge in [-0.1, -0.05) is 12.2 Å². The lowest BCUT2D eigenvalue weighted by Crippen LogP contribution is -2.45. The molecule has 0 spiro atoms. The second kappa shape index (κ2) is 6.42. The van der Waals surface area contributed by atoms with Crippen molar-refractivity contribution < 1.29 is 9.59 Å². The van der Waals surface area contributed by atoms with E-state index in [0.717, 1.165) is 0 Å². The molecular formula is C10H19N3O2S. The highest BCUT2D eigenvalue weighted by molar-refractivity contribution is 7.80. The molecular weight excluding hydrogens is 226 g/mol. The molecule has 0 aliphatic carbocycles. The highest BCUT2D eigenvalue weighted by Gasteiger charge is 2.30. The minimum atomic E-state index is -0.834. The normalized spacial score (nSPS) is 10.9. The van der Waals surface area contributed by atoms with Crippen LogP contribution >= 0.6 is 12.2 Å². The molecule has 0 radical (unpaired) electrons. The molecule has 0 heterocycles. The molecule has 0 saturated heterocycles. The van der Waals surface area contributed by atoms with Crippen LogP contribution in [0.3, 0.4) is 0 Å². The molecule has 92 valence electrons. The lowest BCUT2D eigenvalue weighted by atomic mass is 9.92. The molecule has 5 N–H and O–H groups in total. The van der Waals surface area contributed by atoms with Crippen LogP contribution in [-0.4, -0.2) is 23.3 Å². The summed E-state index contributed by atoms with van der Waals surface area (Å²) in [6, 6.07) is 0. The summed E-state index contributed by atoms with van der Waals surface area (Å²) in [4.78, 5) is 22.2. The van der Waals surface area contributed by atoms with Gasteiger partial charge in [0.2, 0.25) is 11.8 Å². The van der Waals surface area contributed by atoms with Crippen molar-refractivity contribution in [2.75, 3.05) is 6.54 Å². The Hall–Kier alpha value is -1.17. The maximum atomic E-state index is 11.6. The first-order valence-corrected chi connectivity index (χ1v) is 5.56. The summed E-state index contributed by atoms with van der Waals surface area (Å²) in [7, 11) is 0. The Morgan fingerprint density at radius 2 is 1.81 bits per heavy atom. The number of nitrogens with one attached hydrogen (secondary N) is 1. The Kier molecular flexibility index (Phi) is 5.95. The number of rotatable bonds is 7. The van der Waals surface area contributed by atoms with Gasteiger partial charge in [0.1, 0.15) is 0 Å². The average Bonchev–Trinajstić information content (AvgIpc) is 2.16. The van der Waals surface area contributed by atoms with Crippen molar-refractivity contribution >= 4 is 29.0 Å². The lowest BCUT2D eigenvalue weighted by Gasteiger charge is -2.21. The number of carbonyl (C=O) groups excluding carboxylic acids is 2. The molecule has 0 bridgehead atoms. The summed E-state index contributed by atoms with van der Waals surface area (Å²) >= 11 is 4.80. The van der Waals surface area contributed by atoms with Crippen LogP contribution in [0, 0.1) is 5.41 Å². The predicted octanol–water partition coefficient (Wildman–Crippen LogP) is 0.0705. The van der Waals surface area contributed by atoms with E-state index in [1.807, 2.05) is 0 Å². The number of amides is 2. The number of carbonyl (C=O) groups is 2. The Balaban J connectivity index is 3.82. The van der Waals surface area contributed by atoms with E-state index in [1.54, 1.807) is 13.8 Å². The molecule has 0 aromatic carbocycles. The smallest absolute Gasteiger partial charge is 0.232 e. The van der Waals surface area contributed by atoms with Gasteiger partial charge in [0.25, 0.3) is 0 Å². The third-order valence-electron chi connectivity index (χ3n) is 2.32. The van der Waals surface area contributed by atoms with E-state index < -0.39 is 5.41 Å². The third-order valence-corrected chi connectivity index (χ3v) is 2.83. The molecule has 0 aromatic rings. The topological polar surface area (TPSA) is 98.2 Å². The van der Waals surface area contributed by atoms with E-state index in [0.29, 0.717) is 25.8 Å². The van der Waals surface area contributed by atoms with Gasteiger partial charge in [-0.05, 0) is 26.7 Å². The minimum Gasteiger partial charge on any atom is -0.392 e. The second-order valence-corrected chi connectivity index (χ2v) is 4.61. The number of primary amides is 1. The molecule has 0 aromatic heterocycles. The molecule has 16 heavy (non-hydrogen) atoms. The lowest BCUT2D eigenvalue weighted by molar-refractivity contribution is -0.126. The van der Waals surface area contributed by atoms with Crippen molar-refractivity contribution in [2.24, 2.45) is 16.9 Å². The minimum absolute atomic E-state index is 0.169. The molecule has 0 atom stereocenters. The fraction of sp³-hybridized carbons (Fsp3) is 0.700. The zero-order valence-electron chi connectivity index (χ0n) is 9.71. The largest absolute Gasteiger partial charge is 0.392 e. The summed E-state index contributed by atoms with van der Waals surface area (Å²) < 4.78 is 0. The van der Waals surface area contributed by atoms with Crippen LogP contribution in [0.5, 0.6) is 0 Å². The summed E-state index contributed by atoms with van der Waals surface area (Å²) in [6.45, 7) is 3.85. The SMILES string of the molecule is CC(C)(C(=O)NCCCCC(N)=O)C(N)=S. The second-order valence-electron chi connectivity index (χ2n) is 4.17. The molecule has 2 amide bonds. The highest BCUT2D eigenvalue weighted by Crippen LogP contribution is 2.15. The first kappa shape index (κ1) is 14.8. The van der Waals surface area contributed by atoms with E-state index >= 15 is 0 Å². The Morgan fingerprint density at radius 1 is 1.25 bits per heavy atom. The molecule has 0 aliphatic heterocycles. The van der Waals surface area contributed by atoms with Gasteiger partial charge in [0, 0.05) is 13.0 Å². The first-order chi connectivity index (χ1) is 7.28. The van der Waals surface area contributed by atoms with Crippen molar-refractivity contribution in [3.05, 3.63) is 0 Å². The van der Waals surface area contributed by atoms with E-state index in [9.17, 15) is 9.59 Å². The molecule has 6 heteroatoms. The molecule has 0 rings (SSSR count). The van der Waals surface area contributed by atoms with Gasteiger partial charge < -0.3 is 16.8 Å². The van der Waals surface area contributed by atoms with E-state index in [4.69, 9.17) is 23.7 Å². The first-order valence-electron chi connectivity index (χ1n) is 5.15. The van der Waals surface area contributed by atoms with E-state index in [-0.39, 0.29) is 16.8 Å². The predicted molar refractivity (Wildman–Crippen MR) is 66.6 cm³/mol. The molecule has 0 aliphatic rings. The maximum absolute atomic E-state index is 11.6. The fourth-order valence-corrected chi connectivity index (χ4v) is 1.05. The van der Waals surface area contributed by atoms with Gasteiger partial charge in [-0.3, -0.25) is 9.59 Å². The van der Waals surface area contributed by atoms with Crippen LogP contribution in [0.25, 0.3) is 0 Å². The van der Waals surface area contributed by atoms with Crippen molar-refractivity contribution in [3.8, 4) is 0 Å². The van der Waals surface area contributed by atoms with Crippen molar-refractivity contribution in [2.45, 2.75) is 33.1 Å². The number of thiocarbonyl (C=S) groups is 1. The summed E-state index contributed by atoms with van der Waals surface area (Å²) in [5.74, 6) is -0.520. The third kappa shape index (κ3) is 5.06. The summed E-state index contributed by atoms with van der Waals surface area (Å²) in [5, 5.41) is 2.72. The van der Waals surface area contributed by atoms with Crippen LogP contribution in [0.2, 0.25) is 0 Å². The quantitative estimate of drug-likeness (QED) is 0.436. The van der Waals surface area contributed by atoms with E-state index in [2.05, 4.69) is 5.32 Å². The van der Waals surface area contributed by atoms with Crippen LogP contribution in [0.1, 0.15) is 33.1 Å². The van der Waals surface area contributed by atoms with Crippen LogP contribution in [0.15, 0.2) is 0 Å². The van der Waals surface area contributed by atoms with Gasteiger partial charge in [-0.25, -0.2) is 0 Å². The maximum Gasteiger partial charge on any atom is 0.232 e.